The van der Waals surface area contributed by atoms with Gasteiger partial charge in [-0.25, -0.2) is 0 Å². The van der Waals surface area contributed by atoms with Crippen molar-refractivity contribution in [3.63, 3.8) is 0 Å². The number of rotatable bonds is 5. The van der Waals surface area contributed by atoms with Crippen molar-refractivity contribution in [2.75, 3.05) is 0 Å². The fraction of sp³-hybridized carbons (Fsp3) is 0.0600. The standard InChI is InChI=1S/C50H36N2/c1-50(2)45-31-37(34-13-10-12-33(28-34)35-14-11-15-39(29-35)47-19-8-9-27-51-47)21-24-41(45)42-25-22-38(32-46(42)50)36-23-26-49-44(30-36)43-18-6-7-20-48(43)52(49)40-16-4-3-5-17-40/h3-32H,1-2H3. The topological polar surface area (TPSA) is 17.8 Å². The van der Waals surface area contributed by atoms with E-state index in [0.717, 1.165) is 11.3 Å². The summed E-state index contributed by atoms with van der Waals surface area (Å²) < 4.78 is 2.38. The number of benzene rings is 7. The molecule has 52 heavy (non-hydrogen) atoms. The molecule has 0 atom stereocenters. The Kier molecular flexibility index (Phi) is 6.87. The fourth-order valence-corrected chi connectivity index (χ4v) is 8.37. The van der Waals surface area contributed by atoms with Crippen LogP contribution in [0.4, 0.5) is 0 Å². The number of fused-ring (bicyclic) bond motifs is 6. The van der Waals surface area contributed by atoms with Crippen LogP contribution in [-0.4, -0.2) is 9.55 Å². The number of pyridine rings is 1. The molecule has 2 heteroatoms. The largest absolute Gasteiger partial charge is 0.309 e. The molecule has 0 amide bonds. The lowest BCUT2D eigenvalue weighted by atomic mass is 9.80. The highest BCUT2D eigenvalue weighted by molar-refractivity contribution is 6.10. The summed E-state index contributed by atoms with van der Waals surface area (Å²) in [6, 6.07) is 64.1. The smallest absolute Gasteiger partial charge is 0.0702 e. The molecule has 0 saturated heterocycles. The van der Waals surface area contributed by atoms with Crippen LogP contribution < -0.4 is 0 Å². The van der Waals surface area contributed by atoms with Gasteiger partial charge in [0.25, 0.3) is 0 Å². The fourth-order valence-electron chi connectivity index (χ4n) is 8.37. The Balaban J connectivity index is 1.01. The SMILES string of the molecule is CC1(C)c2cc(-c3cccc(-c4cccc(-c5ccccn5)c4)c3)ccc2-c2ccc(-c3ccc4c(c3)c3ccccc3n4-c3ccccc3)cc21. The van der Waals surface area contributed by atoms with E-state index in [1.807, 2.05) is 18.3 Å². The zero-order valence-corrected chi connectivity index (χ0v) is 29.2. The maximum atomic E-state index is 4.57. The third kappa shape index (κ3) is 4.83. The van der Waals surface area contributed by atoms with Gasteiger partial charge in [0.15, 0.2) is 0 Å². The van der Waals surface area contributed by atoms with E-state index in [1.54, 1.807) is 0 Å². The van der Waals surface area contributed by atoms with Crippen LogP contribution in [0.1, 0.15) is 25.0 Å². The Morgan fingerprint density at radius 3 is 1.62 bits per heavy atom. The van der Waals surface area contributed by atoms with Crippen LogP contribution in [0.5, 0.6) is 0 Å². The second-order valence-corrected chi connectivity index (χ2v) is 14.4. The van der Waals surface area contributed by atoms with Gasteiger partial charge in [-0.05, 0) is 122 Å². The summed E-state index contributed by atoms with van der Waals surface area (Å²) in [5, 5.41) is 2.55. The molecule has 7 aromatic carbocycles. The predicted octanol–water partition coefficient (Wildman–Crippen LogP) is 13.2. The van der Waals surface area contributed by atoms with Crippen LogP contribution >= 0.6 is 0 Å². The summed E-state index contributed by atoms with van der Waals surface area (Å²) >= 11 is 0. The van der Waals surface area contributed by atoms with Crippen LogP contribution in [-0.2, 0) is 5.41 Å². The first-order chi connectivity index (χ1) is 25.5. The minimum atomic E-state index is -0.140. The zero-order valence-electron chi connectivity index (χ0n) is 29.2. The molecular weight excluding hydrogens is 629 g/mol. The zero-order chi connectivity index (χ0) is 34.8. The average molecular weight is 665 g/mol. The third-order valence-electron chi connectivity index (χ3n) is 11.0. The molecule has 10 rings (SSSR count). The van der Waals surface area contributed by atoms with Crippen molar-refractivity contribution in [1.29, 1.82) is 0 Å². The van der Waals surface area contributed by atoms with Crippen molar-refractivity contribution >= 4 is 21.8 Å². The monoisotopic (exact) mass is 664 g/mol. The molecule has 2 heterocycles. The number of hydrogen-bond donors (Lipinski definition) is 0. The minimum Gasteiger partial charge on any atom is -0.309 e. The lowest BCUT2D eigenvalue weighted by Crippen LogP contribution is -2.15. The molecule has 1 aliphatic carbocycles. The third-order valence-corrected chi connectivity index (χ3v) is 11.0. The highest BCUT2D eigenvalue weighted by Gasteiger charge is 2.36. The first-order valence-corrected chi connectivity index (χ1v) is 18.0. The molecule has 1 aliphatic rings. The Hall–Kier alpha value is -6.51. The van der Waals surface area contributed by atoms with Gasteiger partial charge in [-0.1, -0.05) is 123 Å². The molecule has 0 saturated carbocycles. The quantitative estimate of drug-likeness (QED) is 0.179. The van der Waals surface area contributed by atoms with Crippen molar-refractivity contribution in [2.24, 2.45) is 0 Å². The van der Waals surface area contributed by atoms with E-state index in [1.165, 1.54) is 83.1 Å². The van der Waals surface area contributed by atoms with E-state index >= 15 is 0 Å². The normalized spacial score (nSPS) is 13.0. The Morgan fingerprint density at radius 2 is 0.942 bits per heavy atom. The van der Waals surface area contributed by atoms with Gasteiger partial charge < -0.3 is 4.57 Å². The Bertz CT molecular complexity index is 2810. The number of hydrogen-bond acceptors (Lipinski definition) is 1. The summed E-state index contributed by atoms with van der Waals surface area (Å²) in [5.74, 6) is 0. The van der Waals surface area contributed by atoms with Crippen LogP contribution in [0.2, 0.25) is 0 Å². The number of nitrogens with zero attached hydrogens (tertiary/aromatic N) is 2. The Morgan fingerprint density at radius 1 is 0.404 bits per heavy atom. The molecule has 2 nitrogen and oxygen atoms in total. The highest BCUT2D eigenvalue weighted by Crippen LogP contribution is 2.51. The van der Waals surface area contributed by atoms with Gasteiger partial charge in [-0.15, -0.1) is 0 Å². The van der Waals surface area contributed by atoms with E-state index < -0.39 is 0 Å². The lowest BCUT2D eigenvalue weighted by Gasteiger charge is -2.23. The van der Waals surface area contributed by atoms with E-state index in [-0.39, 0.29) is 5.41 Å². The van der Waals surface area contributed by atoms with Gasteiger partial charge in [0.2, 0.25) is 0 Å². The van der Waals surface area contributed by atoms with E-state index in [9.17, 15) is 0 Å². The van der Waals surface area contributed by atoms with Crippen LogP contribution in [0.3, 0.4) is 0 Å². The molecule has 0 radical (unpaired) electrons. The molecule has 246 valence electrons. The van der Waals surface area contributed by atoms with Crippen molar-refractivity contribution < 1.29 is 0 Å². The average Bonchev–Trinajstić information content (AvgIpc) is 3.66. The van der Waals surface area contributed by atoms with Crippen molar-refractivity contribution in [3.8, 4) is 61.5 Å². The summed E-state index contributed by atoms with van der Waals surface area (Å²) in [5.41, 5.74) is 18.4. The minimum absolute atomic E-state index is 0.140. The lowest BCUT2D eigenvalue weighted by molar-refractivity contribution is 0.661. The second kappa shape index (κ2) is 11.8. The molecule has 2 aromatic heterocycles. The summed E-state index contributed by atoms with van der Waals surface area (Å²) in [6.07, 6.45) is 1.85. The van der Waals surface area contributed by atoms with Gasteiger partial charge >= 0.3 is 0 Å². The molecule has 0 unspecified atom stereocenters. The number of para-hydroxylation sites is 2. The second-order valence-electron chi connectivity index (χ2n) is 14.4. The van der Waals surface area contributed by atoms with Crippen molar-refractivity contribution in [1.82, 2.24) is 9.55 Å². The van der Waals surface area contributed by atoms with E-state index in [0.29, 0.717) is 0 Å². The van der Waals surface area contributed by atoms with E-state index in [4.69, 9.17) is 0 Å². The van der Waals surface area contributed by atoms with Crippen molar-refractivity contribution in [2.45, 2.75) is 19.3 Å². The molecule has 0 N–H and O–H groups in total. The van der Waals surface area contributed by atoms with Crippen LogP contribution in [0, 0.1) is 0 Å². The summed E-state index contributed by atoms with van der Waals surface area (Å²) in [6.45, 7) is 4.75. The summed E-state index contributed by atoms with van der Waals surface area (Å²) in [4.78, 5) is 4.57. The molecule has 9 aromatic rings. The first kappa shape index (κ1) is 30.3. The van der Waals surface area contributed by atoms with Gasteiger partial charge in [-0.2, -0.15) is 0 Å². The van der Waals surface area contributed by atoms with Gasteiger partial charge in [-0.3, -0.25) is 4.98 Å². The maximum absolute atomic E-state index is 4.57. The predicted molar refractivity (Wildman–Crippen MR) is 218 cm³/mol. The van der Waals surface area contributed by atoms with Crippen molar-refractivity contribution in [3.05, 3.63) is 193 Å². The van der Waals surface area contributed by atoms with Crippen LogP contribution in [0.25, 0.3) is 83.3 Å². The first-order valence-electron chi connectivity index (χ1n) is 18.0. The molecular formula is C50H36N2. The molecule has 0 aliphatic heterocycles. The Labute approximate surface area is 304 Å². The van der Waals surface area contributed by atoms with E-state index in [2.05, 4.69) is 187 Å². The number of aromatic nitrogens is 2. The van der Waals surface area contributed by atoms with Gasteiger partial charge in [0.05, 0.1) is 16.7 Å². The highest BCUT2D eigenvalue weighted by atomic mass is 15.0. The molecule has 0 spiro atoms. The van der Waals surface area contributed by atoms with Gasteiger partial charge in [0.1, 0.15) is 0 Å². The molecule has 0 bridgehead atoms. The summed E-state index contributed by atoms with van der Waals surface area (Å²) in [7, 11) is 0. The molecule has 0 fully saturated rings. The van der Waals surface area contributed by atoms with Crippen LogP contribution in [0.15, 0.2) is 182 Å². The maximum Gasteiger partial charge on any atom is 0.0702 e. The van der Waals surface area contributed by atoms with Gasteiger partial charge in [0, 0.05) is 33.6 Å².